The van der Waals surface area contributed by atoms with Gasteiger partial charge in [0.25, 0.3) is 5.91 Å². The minimum atomic E-state index is -0.503. The smallest absolute Gasteiger partial charge is 0.250 e. The van der Waals surface area contributed by atoms with Crippen molar-refractivity contribution in [2.75, 3.05) is 0 Å². The highest BCUT2D eigenvalue weighted by Crippen LogP contribution is 2.29. The monoisotopic (exact) mass is 285 g/mol. The molecule has 0 aliphatic carbocycles. The molecule has 96 valence electrons. The number of nitrogens with one attached hydrogen (secondary N) is 2. The zero-order valence-electron chi connectivity index (χ0n) is 9.76. The number of halogens is 2. The first kappa shape index (κ1) is 14.5. The Kier molecular flexibility index (Phi) is 5.19. The number of amides is 1. The molecule has 0 atom stereocenters. The minimum absolute atomic E-state index is 0.413. The van der Waals surface area contributed by atoms with Gasteiger partial charge in [0.05, 0.1) is 5.02 Å². The molecule has 0 heterocycles. The summed E-state index contributed by atoms with van der Waals surface area (Å²) in [6, 6.07) is 3.58. The molecule has 1 rings (SSSR count). The van der Waals surface area contributed by atoms with Crippen molar-refractivity contribution in [2.45, 2.75) is 13.3 Å². The van der Waals surface area contributed by atoms with Crippen LogP contribution in [0.3, 0.4) is 0 Å². The second kappa shape index (κ2) is 6.42. The molecule has 4 nitrogen and oxygen atoms in total. The summed E-state index contributed by atoms with van der Waals surface area (Å²) in [5, 5.41) is 10.0. The SMILES string of the molecule is CCc1ccc(Cl)c(C=CC(=O)NC(=N)N)c1Cl. The maximum atomic E-state index is 11.3. The van der Waals surface area contributed by atoms with E-state index < -0.39 is 11.9 Å². The van der Waals surface area contributed by atoms with Crippen LogP contribution < -0.4 is 11.1 Å². The Morgan fingerprint density at radius 1 is 1.50 bits per heavy atom. The van der Waals surface area contributed by atoms with Gasteiger partial charge >= 0.3 is 0 Å². The fraction of sp³-hybridized carbons (Fsp3) is 0.167. The van der Waals surface area contributed by atoms with Crippen molar-refractivity contribution in [2.24, 2.45) is 5.73 Å². The van der Waals surface area contributed by atoms with E-state index in [0.717, 1.165) is 12.0 Å². The lowest BCUT2D eigenvalue weighted by Gasteiger charge is -2.06. The number of benzene rings is 1. The average molecular weight is 286 g/mol. The molecule has 0 aliphatic heterocycles. The van der Waals surface area contributed by atoms with Crippen LogP contribution in [0.2, 0.25) is 10.0 Å². The van der Waals surface area contributed by atoms with Crippen LogP contribution in [0.25, 0.3) is 6.08 Å². The van der Waals surface area contributed by atoms with Gasteiger partial charge in [-0.2, -0.15) is 0 Å². The van der Waals surface area contributed by atoms with Crippen LogP contribution in [-0.4, -0.2) is 11.9 Å². The zero-order valence-corrected chi connectivity index (χ0v) is 11.3. The molecule has 0 saturated carbocycles. The first-order valence-corrected chi connectivity index (χ1v) is 6.01. The van der Waals surface area contributed by atoms with Crippen LogP contribution in [0.4, 0.5) is 0 Å². The Morgan fingerprint density at radius 3 is 2.72 bits per heavy atom. The van der Waals surface area contributed by atoms with E-state index in [-0.39, 0.29) is 0 Å². The largest absolute Gasteiger partial charge is 0.370 e. The van der Waals surface area contributed by atoms with E-state index >= 15 is 0 Å². The van der Waals surface area contributed by atoms with Crippen molar-refractivity contribution in [3.63, 3.8) is 0 Å². The Morgan fingerprint density at radius 2 is 2.17 bits per heavy atom. The first-order valence-electron chi connectivity index (χ1n) is 5.25. The topological polar surface area (TPSA) is 79.0 Å². The van der Waals surface area contributed by atoms with E-state index in [1.165, 1.54) is 12.2 Å². The molecule has 4 N–H and O–H groups in total. The molecule has 1 amide bonds. The van der Waals surface area contributed by atoms with Gasteiger partial charge in [0.15, 0.2) is 5.96 Å². The molecular formula is C12H13Cl2N3O. The molecule has 0 unspecified atom stereocenters. The Bertz CT molecular complexity index is 512. The van der Waals surface area contributed by atoms with Gasteiger partial charge < -0.3 is 5.73 Å². The van der Waals surface area contributed by atoms with Gasteiger partial charge in [0.2, 0.25) is 0 Å². The van der Waals surface area contributed by atoms with Gasteiger partial charge in [0, 0.05) is 16.7 Å². The lowest BCUT2D eigenvalue weighted by atomic mass is 10.1. The predicted molar refractivity (Wildman–Crippen MR) is 74.9 cm³/mol. The van der Waals surface area contributed by atoms with E-state index in [9.17, 15) is 4.79 Å². The number of guanidine groups is 1. The summed E-state index contributed by atoms with van der Waals surface area (Å²) in [5.41, 5.74) is 6.56. The number of hydrogen-bond donors (Lipinski definition) is 3. The van der Waals surface area contributed by atoms with Crippen LogP contribution in [0.1, 0.15) is 18.1 Å². The zero-order chi connectivity index (χ0) is 13.7. The Hall–Kier alpha value is -1.52. The third-order valence-corrected chi connectivity index (χ3v) is 3.02. The number of rotatable bonds is 3. The maximum Gasteiger partial charge on any atom is 0.250 e. The summed E-state index contributed by atoms with van der Waals surface area (Å²) in [4.78, 5) is 11.3. The molecule has 1 aromatic carbocycles. The van der Waals surface area contributed by atoms with Crippen LogP contribution in [0.5, 0.6) is 0 Å². The van der Waals surface area contributed by atoms with Gasteiger partial charge in [-0.05, 0) is 24.1 Å². The maximum absolute atomic E-state index is 11.3. The lowest BCUT2D eigenvalue weighted by Crippen LogP contribution is -2.34. The third kappa shape index (κ3) is 3.75. The quantitative estimate of drug-likeness (QED) is 0.453. The summed E-state index contributed by atoms with van der Waals surface area (Å²) >= 11 is 12.2. The molecule has 0 aromatic heterocycles. The van der Waals surface area contributed by atoms with Gasteiger partial charge in [0.1, 0.15) is 0 Å². The summed E-state index contributed by atoms with van der Waals surface area (Å²) in [7, 11) is 0. The van der Waals surface area contributed by atoms with E-state index in [0.29, 0.717) is 15.6 Å². The molecule has 0 aliphatic rings. The van der Waals surface area contributed by atoms with E-state index in [4.69, 9.17) is 34.3 Å². The van der Waals surface area contributed by atoms with Gasteiger partial charge in [-0.3, -0.25) is 15.5 Å². The molecule has 1 aromatic rings. The van der Waals surface area contributed by atoms with E-state index in [1.807, 2.05) is 13.0 Å². The fourth-order valence-corrected chi connectivity index (χ4v) is 2.00. The highest BCUT2D eigenvalue weighted by atomic mass is 35.5. The Labute approximate surface area is 115 Å². The summed E-state index contributed by atoms with van der Waals surface area (Å²) in [5.74, 6) is -0.916. The highest BCUT2D eigenvalue weighted by Gasteiger charge is 2.07. The number of carbonyl (C=O) groups excluding carboxylic acids is 1. The number of hydrogen-bond acceptors (Lipinski definition) is 2. The van der Waals surface area contributed by atoms with Crippen LogP contribution >= 0.6 is 23.2 Å². The van der Waals surface area contributed by atoms with Crippen LogP contribution in [0.15, 0.2) is 18.2 Å². The van der Waals surface area contributed by atoms with Crippen LogP contribution in [0, 0.1) is 5.41 Å². The van der Waals surface area contributed by atoms with E-state index in [1.54, 1.807) is 6.07 Å². The first-order chi connectivity index (χ1) is 8.45. The normalized spacial score (nSPS) is 10.6. The van der Waals surface area contributed by atoms with Gasteiger partial charge in [-0.25, -0.2) is 0 Å². The van der Waals surface area contributed by atoms with Crippen molar-refractivity contribution >= 4 is 41.1 Å². The molecule has 0 fully saturated rings. The summed E-state index contributed by atoms with van der Waals surface area (Å²) in [6.45, 7) is 1.98. The Balaban J connectivity index is 3.00. The molecule has 0 bridgehead atoms. The van der Waals surface area contributed by atoms with Crippen molar-refractivity contribution < 1.29 is 4.79 Å². The van der Waals surface area contributed by atoms with Crippen LogP contribution in [-0.2, 0) is 11.2 Å². The molecule has 0 radical (unpaired) electrons. The van der Waals surface area contributed by atoms with Crippen molar-refractivity contribution in [3.05, 3.63) is 39.4 Å². The summed E-state index contributed by atoms with van der Waals surface area (Å²) in [6.07, 6.45) is 3.51. The molecule has 0 saturated heterocycles. The van der Waals surface area contributed by atoms with Gasteiger partial charge in [-0.15, -0.1) is 0 Å². The van der Waals surface area contributed by atoms with E-state index in [2.05, 4.69) is 5.32 Å². The second-order valence-corrected chi connectivity index (χ2v) is 4.31. The third-order valence-electron chi connectivity index (χ3n) is 2.25. The average Bonchev–Trinajstić information content (AvgIpc) is 2.28. The van der Waals surface area contributed by atoms with Crippen molar-refractivity contribution in [1.29, 1.82) is 5.41 Å². The standard InChI is InChI=1S/C12H13Cl2N3O/c1-2-7-3-5-9(13)8(11(7)14)4-6-10(18)17-12(15)16/h3-6H,2H2,1H3,(H4,15,16,17,18). The van der Waals surface area contributed by atoms with Gasteiger partial charge in [-0.1, -0.05) is 36.2 Å². The predicted octanol–water partition coefficient (Wildman–Crippen LogP) is 2.58. The van der Waals surface area contributed by atoms with Crippen molar-refractivity contribution in [3.8, 4) is 0 Å². The molecule has 6 heteroatoms. The fourth-order valence-electron chi connectivity index (χ4n) is 1.37. The molecule has 0 spiro atoms. The van der Waals surface area contributed by atoms with Crippen molar-refractivity contribution in [1.82, 2.24) is 5.32 Å². The number of aryl methyl sites for hydroxylation is 1. The number of nitrogens with two attached hydrogens (primary N) is 1. The molecular weight excluding hydrogens is 273 g/mol. The summed E-state index contributed by atoms with van der Waals surface area (Å²) < 4.78 is 0. The second-order valence-electron chi connectivity index (χ2n) is 3.52. The number of carbonyl (C=O) groups is 1. The molecule has 18 heavy (non-hydrogen) atoms. The lowest BCUT2D eigenvalue weighted by molar-refractivity contribution is -0.115. The highest BCUT2D eigenvalue weighted by molar-refractivity contribution is 6.37. The minimum Gasteiger partial charge on any atom is -0.370 e.